The van der Waals surface area contributed by atoms with Gasteiger partial charge in [-0.3, -0.25) is 4.79 Å². The summed E-state index contributed by atoms with van der Waals surface area (Å²) in [5, 5.41) is 4.26. The third-order valence-corrected chi connectivity index (χ3v) is 5.44. The maximum Gasteiger partial charge on any atom is 0.250 e. The second-order valence-electron chi connectivity index (χ2n) is 4.07. The van der Waals surface area contributed by atoms with Gasteiger partial charge in [-0.05, 0) is 30.5 Å². The number of nitrogens with one attached hydrogen (secondary N) is 2. The monoisotopic (exact) mass is 314 g/mol. The fourth-order valence-corrected chi connectivity index (χ4v) is 3.71. The average molecular weight is 314 g/mol. The van der Waals surface area contributed by atoms with Gasteiger partial charge in [0.25, 0.3) is 10.0 Å². The molecule has 8 heteroatoms. The van der Waals surface area contributed by atoms with Crippen LogP contribution in [0.2, 0.25) is 0 Å². The van der Waals surface area contributed by atoms with Crippen molar-refractivity contribution >= 4 is 27.3 Å². The van der Waals surface area contributed by atoms with Gasteiger partial charge < -0.3 is 9.73 Å². The van der Waals surface area contributed by atoms with Gasteiger partial charge in [-0.2, -0.15) is 4.72 Å². The van der Waals surface area contributed by atoms with Gasteiger partial charge in [0, 0.05) is 0 Å². The number of furan rings is 1. The van der Waals surface area contributed by atoms with Crippen molar-refractivity contribution in [3.63, 3.8) is 0 Å². The molecule has 0 aliphatic heterocycles. The molecule has 2 heterocycles. The Hall–Kier alpha value is -1.64. The minimum absolute atomic E-state index is 0.184. The molecule has 2 N–H and O–H groups in total. The first kappa shape index (κ1) is 14.8. The average Bonchev–Trinajstić information content (AvgIpc) is 3.08. The van der Waals surface area contributed by atoms with Crippen molar-refractivity contribution in [3.8, 4) is 0 Å². The van der Waals surface area contributed by atoms with Crippen LogP contribution in [-0.4, -0.2) is 20.4 Å². The molecule has 108 valence electrons. The van der Waals surface area contributed by atoms with Gasteiger partial charge in [0.05, 0.1) is 18.8 Å². The third-order valence-electron chi connectivity index (χ3n) is 2.50. The van der Waals surface area contributed by atoms with Gasteiger partial charge in [-0.25, -0.2) is 8.42 Å². The second-order valence-corrected chi connectivity index (χ2v) is 6.96. The fraction of sp³-hybridized carbons (Fsp3) is 0.250. The molecule has 1 atom stereocenters. The second kappa shape index (κ2) is 6.21. The third kappa shape index (κ3) is 3.69. The molecule has 0 spiro atoms. The van der Waals surface area contributed by atoms with Gasteiger partial charge in [0.2, 0.25) is 5.91 Å². The number of hydrogen-bond acceptors (Lipinski definition) is 5. The predicted octanol–water partition coefficient (Wildman–Crippen LogP) is 1.32. The van der Waals surface area contributed by atoms with Crippen molar-refractivity contribution < 1.29 is 17.6 Å². The van der Waals surface area contributed by atoms with E-state index in [1.165, 1.54) is 19.3 Å². The van der Waals surface area contributed by atoms with Crippen LogP contribution in [0.4, 0.5) is 0 Å². The summed E-state index contributed by atoms with van der Waals surface area (Å²) in [6, 6.07) is 5.70. The highest BCUT2D eigenvalue weighted by molar-refractivity contribution is 7.91. The smallest absolute Gasteiger partial charge is 0.250 e. The zero-order valence-electron chi connectivity index (χ0n) is 10.7. The standard InChI is InChI=1S/C12H14N2O4S2/c1-9(12(15)13-8-10-4-2-6-18-10)14-20(16,17)11-5-3-7-19-11/h2-7,9,14H,8H2,1H3,(H,13,15)/t9-/m0/s1. The Morgan fingerprint density at radius 2 is 2.20 bits per heavy atom. The van der Waals surface area contributed by atoms with E-state index >= 15 is 0 Å². The molecule has 0 aliphatic carbocycles. The van der Waals surface area contributed by atoms with Crippen LogP contribution in [-0.2, 0) is 21.4 Å². The van der Waals surface area contributed by atoms with Gasteiger partial charge in [0.1, 0.15) is 9.97 Å². The number of hydrogen-bond donors (Lipinski definition) is 2. The van der Waals surface area contributed by atoms with Crippen molar-refractivity contribution in [2.45, 2.75) is 23.7 Å². The minimum atomic E-state index is -3.65. The molecule has 0 radical (unpaired) electrons. The van der Waals surface area contributed by atoms with Crippen LogP contribution in [0.3, 0.4) is 0 Å². The normalized spacial score (nSPS) is 13.1. The van der Waals surface area contributed by atoms with Gasteiger partial charge in [-0.1, -0.05) is 6.07 Å². The molecule has 0 aliphatic rings. The molecule has 0 fully saturated rings. The molecule has 0 saturated heterocycles. The Kier molecular flexibility index (Phi) is 4.58. The SMILES string of the molecule is C[C@H](NS(=O)(=O)c1cccs1)C(=O)NCc1ccco1. The first-order valence-electron chi connectivity index (χ1n) is 5.85. The zero-order chi connectivity index (χ0) is 14.6. The lowest BCUT2D eigenvalue weighted by atomic mass is 10.3. The molecule has 0 bridgehead atoms. The largest absolute Gasteiger partial charge is 0.467 e. The minimum Gasteiger partial charge on any atom is -0.467 e. The lowest BCUT2D eigenvalue weighted by Crippen LogP contribution is -2.44. The van der Waals surface area contributed by atoms with Gasteiger partial charge in [0.15, 0.2) is 0 Å². The summed E-state index contributed by atoms with van der Waals surface area (Å²) >= 11 is 1.10. The Morgan fingerprint density at radius 3 is 2.80 bits per heavy atom. The summed E-state index contributed by atoms with van der Waals surface area (Å²) in [5.74, 6) is 0.188. The van der Waals surface area contributed by atoms with Crippen LogP contribution < -0.4 is 10.0 Å². The molecule has 0 saturated carbocycles. The van der Waals surface area contributed by atoms with Crippen LogP contribution in [0.25, 0.3) is 0 Å². The van der Waals surface area contributed by atoms with Gasteiger partial charge in [-0.15, -0.1) is 11.3 Å². The molecule has 2 aromatic rings. The van der Waals surface area contributed by atoms with E-state index in [1.54, 1.807) is 23.6 Å². The number of sulfonamides is 1. The van der Waals surface area contributed by atoms with Crippen LogP contribution in [0.1, 0.15) is 12.7 Å². The summed E-state index contributed by atoms with van der Waals surface area (Å²) in [5.41, 5.74) is 0. The van der Waals surface area contributed by atoms with E-state index in [2.05, 4.69) is 10.0 Å². The first-order chi connectivity index (χ1) is 9.49. The highest BCUT2D eigenvalue weighted by Crippen LogP contribution is 2.15. The van der Waals surface area contributed by atoms with Crippen LogP contribution in [0, 0.1) is 0 Å². The van der Waals surface area contributed by atoms with E-state index in [0.717, 1.165) is 11.3 Å². The number of amides is 1. The Morgan fingerprint density at radius 1 is 1.40 bits per heavy atom. The maximum atomic E-state index is 11.9. The number of carbonyl (C=O) groups excluding carboxylic acids is 1. The molecular weight excluding hydrogens is 300 g/mol. The molecule has 20 heavy (non-hydrogen) atoms. The van der Waals surface area contributed by atoms with Crippen LogP contribution in [0.5, 0.6) is 0 Å². The lowest BCUT2D eigenvalue weighted by Gasteiger charge is -2.13. The van der Waals surface area contributed by atoms with E-state index in [9.17, 15) is 13.2 Å². The lowest BCUT2D eigenvalue weighted by molar-refractivity contribution is -0.122. The van der Waals surface area contributed by atoms with Gasteiger partial charge >= 0.3 is 0 Å². The summed E-state index contributed by atoms with van der Waals surface area (Å²) in [6.45, 7) is 1.71. The number of thiophene rings is 1. The summed E-state index contributed by atoms with van der Waals surface area (Å²) < 4.78 is 31.5. The zero-order valence-corrected chi connectivity index (χ0v) is 12.3. The Bertz CT molecular complexity index is 648. The van der Waals surface area contributed by atoms with Crippen molar-refractivity contribution in [1.82, 2.24) is 10.0 Å². The van der Waals surface area contributed by atoms with Crippen molar-refractivity contribution in [3.05, 3.63) is 41.7 Å². The fourth-order valence-electron chi connectivity index (χ4n) is 1.50. The summed E-state index contributed by atoms with van der Waals surface area (Å²) in [7, 11) is -3.65. The molecular formula is C12H14N2O4S2. The van der Waals surface area contributed by atoms with Crippen molar-refractivity contribution in [2.75, 3.05) is 0 Å². The Balaban J connectivity index is 1.91. The van der Waals surface area contributed by atoms with Crippen LogP contribution >= 0.6 is 11.3 Å². The number of rotatable bonds is 6. The van der Waals surface area contributed by atoms with E-state index in [0.29, 0.717) is 5.76 Å². The highest BCUT2D eigenvalue weighted by atomic mass is 32.2. The van der Waals surface area contributed by atoms with Crippen molar-refractivity contribution in [1.29, 1.82) is 0 Å². The predicted molar refractivity (Wildman–Crippen MR) is 74.7 cm³/mol. The molecule has 0 unspecified atom stereocenters. The molecule has 6 nitrogen and oxygen atoms in total. The molecule has 1 amide bonds. The summed E-state index contributed by atoms with van der Waals surface area (Å²) in [6.07, 6.45) is 1.50. The Labute approximate surface area is 120 Å². The first-order valence-corrected chi connectivity index (χ1v) is 8.21. The van der Waals surface area contributed by atoms with E-state index in [1.807, 2.05) is 0 Å². The maximum absolute atomic E-state index is 11.9. The summed E-state index contributed by atoms with van der Waals surface area (Å²) in [4.78, 5) is 11.8. The molecule has 0 aromatic carbocycles. The van der Waals surface area contributed by atoms with E-state index < -0.39 is 22.0 Å². The number of carbonyl (C=O) groups is 1. The quantitative estimate of drug-likeness (QED) is 0.842. The van der Waals surface area contributed by atoms with Crippen LogP contribution in [0.15, 0.2) is 44.5 Å². The molecule has 2 aromatic heterocycles. The van der Waals surface area contributed by atoms with E-state index in [4.69, 9.17) is 4.42 Å². The highest BCUT2D eigenvalue weighted by Gasteiger charge is 2.22. The van der Waals surface area contributed by atoms with Crippen molar-refractivity contribution in [2.24, 2.45) is 0 Å². The van der Waals surface area contributed by atoms with E-state index in [-0.39, 0.29) is 10.8 Å². The molecule has 2 rings (SSSR count). The topological polar surface area (TPSA) is 88.4 Å².